The second-order valence-electron chi connectivity index (χ2n) is 38.0. The summed E-state index contributed by atoms with van der Waals surface area (Å²) in [6, 6.07) is 174. The maximum atomic E-state index is 6.36. The van der Waals surface area contributed by atoms with Gasteiger partial charge in [-0.05, 0) is 278 Å². The first-order chi connectivity index (χ1) is 72.9. The van der Waals surface area contributed by atoms with E-state index in [2.05, 4.69) is 379 Å². The van der Waals surface area contributed by atoms with Gasteiger partial charge in [0.05, 0.1) is 50.5 Å². The van der Waals surface area contributed by atoms with Crippen LogP contribution in [0.4, 0.5) is 0 Å². The summed E-state index contributed by atoms with van der Waals surface area (Å²) < 4.78 is 17.6. The molecule has 7 aromatic heterocycles. The van der Waals surface area contributed by atoms with Crippen LogP contribution in [0.25, 0.3) is 293 Å². The molecule has 0 fully saturated rings. The Bertz CT molecular complexity index is 10500. The van der Waals surface area contributed by atoms with Gasteiger partial charge in [-0.1, -0.05) is 346 Å². The van der Waals surface area contributed by atoms with E-state index in [4.69, 9.17) is 39.4 Å². The molecule has 32 rings (SSSR count). The highest BCUT2D eigenvalue weighted by Gasteiger charge is 2.31. The molecule has 0 amide bonds. The van der Waals surface area contributed by atoms with Crippen molar-refractivity contribution >= 4 is 142 Å². The predicted octanol–water partition coefficient (Wildman–Crippen LogP) is 34.5. The van der Waals surface area contributed by atoms with E-state index >= 15 is 0 Å². The average molecular weight is 1880 g/mol. The van der Waals surface area contributed by atoms with Crippen molar-refractivity contribution < 1.29 is 8.83 Å². The Morgan fingerprint density at radius 2 is 0.517 bits per heavy atom. The van der Waals surface area contributed by atoms with Crippen molar-refractivity contribution in [1.82, 2.24) is 54.1 Å². The van der Waals surface area contributed by atoms with Gasteiger partial charge in [-0.25, -0.2) is 0 Å². The minimum atomic E-state index is 0.822. The smallest absolute Gasteiger partial charge is 0.137 e. The quantitative estimate of drug-likeness (QED) is 0.118. The van der Waals surface area contributed by atoms with Gasteiger partial charge in [-0.15, -0.1) is 30.6 Å². The van der Waals surface area contributed by atoms with Crippen LogP contribution in [-0.2, 0) is 0 Å². The Morgan fingerprint density at radius 1 is 0.163 bits per heavy atom. The van der Waals surface area contributed by atoms with Gasteiger partial charge in [0.2, 0.25) is 0 Å². The molecule has 0 saturated carbocycles. The summed E-state index contributed by atoms with van der Waals surface area (Å²) in [7, 11) is 0. The Morgan fingerprint density at radius 3 is 1.04 bits per heavy atom. The van der Waals surface area contributed by atoms with E-state index in [0.29, 0.717) is 0 Å². The molecule has 0 unspecified atom stereocenters. The number of hydrogen-bond donors (Lipinski definition) is 0. The van der Waals surface area contributed by atoms with Crippen molar-refractivity contribution in [3.05, 3.63) is 491 Å². The monoisotopic (exact) mass is 1880 g/mol. The summed E-state index contributed by atoms with van der Waals surface area (Å²) in [5.74, 6) is 0. The van der Waals surface area contributed by atoms with E-state index in [1.54, 1.807) is 14.4 Å². The van der Waals surface area contributed by atoms with Gasteiger partial charge in [-0.3, -0.25) is 0 Å². The highest BCUT2D eigenvalue weighted by Crippen LogP contribution is 2.55. The zero-order valence-corrected chi connectivity index (χ0v) is 79.0. The largest absolute Gasteiger partial charge is 0.456 e. The maximum absolute atomic E-state index is 6.36. The van der Waals surface area contributed by atoms with Gasteiger partial charge in [0, 0.05) is 54.2 Å². The highest BCUT2D eigenvalue weighted by atomic mass is 16.3. The van der Waals surface area contributed by atoms with Crippen LogP contribution in [0.2, 0.25) is 0 Å². The van der Waals surface area contributed by atoms with Crippen LogP contribution in [0.5, 0.6) is 0 Å². The van der Waals surface area contributed by atoms with Crippen molar-refractivity contribution in [2.75, 3.05) is 0 Å². The second-order valence-corrected chi connectivity index (χ2v) is 38.0. The van der Waals surface area contributed by atoms with E-state index in [0.717, 1.165) is 178 Å². The lowest BCUT2D eigenvalue weighted by Crippen LogP contribution is -2.00. The van der Waals surface area contributed by atoms with E-state index in [-0.39, 0.29) is 0 Å². The lowest BCUT2D eigenvalue weighted by Gasteiger charge is -2.19. The fourth-order valence-corrected chi connectivity index (χ4v) is 23.3. The Labute approximate surface area is 841 Å². The Balaban J connectivity index is 0.000000102. The maximum Gasteiger partial charge on any atom is 0.137 e. The first-order valence-corrected chi connectivity index (χ1v) is 49.7. The number of fused-ring (bicyclic) bond motifs is 15. The standard InChI is InChI=1S/C48H29N3O2.C46H28N4.C40H24N4/c1-3-13-30(14-4-1)40-28-32(29-41-48(40)50-51(49-41)35-15-5-2-6-16-35)31-25-33(36-19-11-23-44-46(36)38-17-7-9-21-42(38)52-44)27-34(26-31)37-20-12-24-45-47(37)39-18-8-10-22-43(39)53-45;1-3-12-29(13-4-1)33-19-10-22-40(43(33)31-24-26-38-39(28-31)48-50(47-38)32-15-5-2-6-16-32)49-41-23-11-21-37-35-18-8-7-17-34(35)36-20-9-14-30-25-27-42(49)46(44(30)36)45(37)41;1-3-11-25(12-4-1)27-23-33-40(42-44(41-33)28-14-5-2-6-15-28)36(24-27)43-34-20-10-19-32-30-17-8-7-16-29(30)31-18-9-13-26-21-22-35(43)39(37(26)31)38(32)34/h1-29H;1-28H;1-24H. The molecule has 30 aromatic rings. The highest BCUT2D eigenvalue weighted by molar-refractivity contribution is 6.33. The summed E-state index contributed by atoms with van der Waals surface area (Å²) in [4.78, 5) is 5.22. The van der Waals surface area contributed by atoms with Gasteiger partial charge >= 0.3 is 0 Å². The molecular formula is C134H81N11O2. The van der Waals surface area contributed by atoms with Gasteiger partial charge in [0.15, 0.2) is 0 Å². The van der Waals surface area contributed by atoms with Crippen LogP contribution in [0.3, 0.4) is 0 Å². The minimum absolute atomic E-state index is 0.822. The summed E-state index contributed by atoms with van der Waals surface area (Å²) in [5.41, 5.74) is 43.9. The summed E-state index contributed by atoms with van der Waals surface area (Å²) in [6.07, 6.45) is 0. The first-order valence-electron chi connectivity index (χ1n) is 49.7. The molecule has 23 aromatic carbocycles. The average Bonchev–Trinajstić information content (AvgIpc) is 1.54. The molecule has 0 aliphatic heterocycles. The minimum Gasteiger partial charge on any atom is -0.456 e. The van der Waals surface area contributed by atoms with E-state index in [1.165, 1.54) is 115 Å². The Hall–Kier alpha value is -20.0. The summed E-state index contributed by atoms with van der Waals surface area (Å²) in [6.45, 7) is 0. The number of aromatic nitrogens is 11. The van der Waals surface area contributed by atoms with Crippen LogP contribution in [0.15, 0.2) is 500 Å². The van der Waals surface area contributed by atoms with Crippen molar-refractivity contribution in [3.8, 4) is 151 Å². The lowest BCUT2D eigenvalue weighted by molar-refractivity contribution is 0.668. The van der Waals surface area contributed by atoms with E-state index < -0.39 is 0 Å². The van der Waals surface area contributed by atoms with Crippen LogP contribution < -0.4 is 0 Å². The number of nitrogens with zero attached hydrogens (tertiary/aromatic N) is 11. The normalized spacial score (nSPS) is 11.9. The molecule has 13 heteroatoms. The van der Waals surface area contributed by atoms with Crippen molar-refractivity contribution in [1.29, 1.82) is 0 Å². The molecule has 0 saturated heterocycles. The summed E-state index contributed by atoms with van der Waals surface area (Å²) in [5, 5.41) is 44.6. The fourth-order valence-electron chi connectivity index (χ4n) is 23.3. The number of rotatable bonds is 12. The number of hydrogen-bond acceptors (Lipinski definition) is 8. The Kier molecular flexibility index (Phi) is 18.8. The van der Waals surface area contributed by atoms with Crippen LogP contribution in [0.1, 0.15) is 0 Å². The third kappa shape index (κ3) is 13.3. The molecule has 7 heterocycles. The number of para-hydroxylation sites is 5. The molecule has 0 N–H and O–H groups in total. The van der Waals surface area contributed by atoms with E-state index in [1.807, 2.05) is 121 Å². The second kappa shape index (κ2) is 33.3. The number of benzene rings is 23. The molecule has 0 radical (unpaired) electrons. The molecule has 2 aliphatic rings. The molecule has 13 nitrogen and oxygen atoms in total. The van der Waals surface area contributed by atoms with Gasteiger partial charge in [-0.2, -0.15) is 14.4 Å². The topological polar surface area (TPSA) is 128 Å². The predicted molar refractivity (Wildman–Crippen MR) is 602 cm³/mol. The lowest BCUT2D eigenvalue weighted by atomic mass is 9.89. The first kappa shape index (κ1) is 82.8. The molecule has 0 spiro atoms. The van der Waals surface area contributed by atoms with Crippen LogP contribution in [0, 0.1) is 0 Å². The van der Waals surface area contributed by atoms with Crippen molar-refractivity contribution in [3.63, 3.8) is 0 Å². The van der Waals surface area contributed by atoms with Gasteiger partial charge < -0.3 is 18.0 Å². The van der Waals surface area contributed by atoms with Crippen LogP contribution >= 0.6 is 0 Å². The van der Waals surface area contributed by atoms with Crippen molar-refractivity contribution in [2.45, 2.75) is 0 Å². The van der Waals surface area contributed by atoms with Crippen molar-refractivity contribution in [2.24, 2.45) is 0 Å². The number of furan rings is 2. The summed E-state index contributed by atoms with van der Waals surface area (Å²) >= 11 is 0. The molecule has 147 heavy (non-hydrogen) atoms. The molecule has 0 atom stereocenters. The van der Waals surface area contributed by atoms with Gasteiger partial charge in [0.1, 0.15) is 55.4 Å². The van der Waals surface area contributed by atoms with Crippen LogP contribution in [-0.4, -0.2) is 54.1 Å². The van der Waals surface area contributed by atoms with Gasteiger partial charge in [0.25, 0.3) is 0 Å². The molecule has 684 valence electrons. The van der Waals surface area contributed by atoms with E-state index in [9.17, 15) is 0 Å². The molecular weight excluding hydrogens is 1800 g/mol. The fraction of sp³-hybridized carbons (Fsp3) is 0. The molecule has 2 aliphatic carbocycles. The zero-order chi connectivity index (χ0) is 96.4. The SMILES string of the molecule is c1ccc(-c2cc(-c3cc(-c4cccc5oc6ccccc6c45)cc(-c4cccc5oc6ccccc6c45)c3)cc3nn(-c4ccccc4)nc23)cc1.c1ccc(-c2cc(-n3c4cccc5c4c4c6c(cccc6ccc43)-c3ccccc3-5)c3nn(-c4ccccc4)nc3c2)cc1.c1ccc(-c2cccc(-n3c4cccc5c4c4c6c(cccc6ccc43)-c3ccccc3-5)c2-c2ccc3nn(-c4ccccc4)nc3c2)cc1. The zero-order valence-electron chi connectivity index (χ0n) is 79.0. The molecule has 0 bridgehead atoms. The third-order valence-corrected chi connectivity index (χ3v) is 29.7. The third-order valence-electron chi connectivity index (χ3n) is 29.7.